The van der Waals surface area contributed by atoms with E-state index in [2.05, 4.69) is 15.6 Å². The molecule has 0 aliphatic carbocycles. The Balaban J connectivity index is 0.00000261. The molecule has 1 heterocycles. The number of hydrogen-bond acceptors (Lipinski definition) is 2. The first-order chi connectivity index (χ1) is 12.5. The number of nitrogens with zero attached hydrogens (tertiary/aromatic N) is 2. The van der Waals surface area contributed by atoms with Crippen molar-refractivity contribution in [3.05, 3.63) is 65.5 Å². The Bertz CT molecular complexity index is 800. The van der Waals surface area contributed by atoms with Crippen LogP contribution in [-0.4, -0.2) is 32.1 Å². The molecule has 8 heteroatoms. The van der Waals surface area contributed by atoms with Crippen LogP contribution in [0.2, 0.25) is 0 Å². The molecule has 0 radical (unpaired) electrons. The van der Waals surface area contributed by atoms with Crippen LogP contribution in [0.1, 0.15) is 12.0 Å². The lowest BCUT2D eigenvalue weighted by molar-refractivity contribution is 0.580. The maximum atomic E-state index is 13.9. The molecular weight excluding hydrogens is 468 g/mol. The molecular formula is C19H22F3IN4. The van der Waals surface area contributed by atoms with E-state index in [9.17, 15) is 13.2 Å². The van der Waals surface area contributed by atoms with E-state index in [1.54, 1.807) is 13.1 Å². The van der Waals surface area contributed by atoms with Gasteiger partial charge in [-0.15, -0.1) is 24.0 Å². The van der Waals surface area contributed by atoms with Crippen LogP contribution in [0, 0.1) is 17.5 Å². The lowest BCUT2D eigenvalue weighted by Gasteiger charge is -2.21. The van der Waals surface area contributed by atoms with Gasteiger partial charge < -0.3 is 15.5 Å². The fourth-order valence-electron chi connectivity index (χ4n) is 3.06. The molecule has 1 aliphatic heterocycles. The first kappa shape index (κ1) is 21.3. The second kappa shape index (κ2) is 9.82. The molecule has 4 nitrogen and oxygen atoms in total. The Kier molecular flexibility index (Phi) is 7.76. The third-order valence-corrected chi connectivity index (χ3v) is 4.35. The number of rotatable bonds is 4. The normalized spacial score (nSPS) is 16.8. The topological polar surface area (TPSA) is 39.7 Å². The second-order valence-electron chi connectivity index (χ2n) is 6.23. The Morgan fingerprint density at radius 1 is 1.15 bits per heavy atom. The van der Waals surface area contributed by atoms with Crippen molar-refractivity contribution in [1.29, 1.82) is 0 Å². The van der Waals surface area contributed by atoms with Gasteiger partial charge in [-0.05, 0) is 36.2 Å². The van der Waals surface area contributed by atoms with Gasteiger partial charge in [0.2, 0.25) is 0 Å². The van der Waals surface area contributed by atoms with E-state index < -0.39 is 11.6 Å². The highest BCUT2D eigenvalue weighted by Gasteiger charge is 2.25. The molecule has 0 saturated carbocycles. The molecule has 1 fully saturated rings. The summed E-state index contributed by atoms with van der Waals surface area (Å²) in [6.07, 6.45) is 0.803. The fourth-order valence-corrected chi connectivity index (χ4v) is 3.06. The Morgan fingerprint density at radius 2 is 1.93 bits per heavy atom. The Labute approximate surface area is 173 Å². The average Bonchev–Trinajstić information content (AvgIpc) is 3.07. The zero-order valence-electron chi connectivity index (χ0n) is 14.9. The van der Waals surface area contributed by atoms with Crippen molar-refractivity contribution in [2.45, 2.75) is 19.0 Å². The van der Waals surface area contributed by atoms with Gasteiger partial charge in [-0.2, -0.15) is 0 Å². The van der Waals surface area contributed by atoms with E-state index in [0.717, 1.165) is 18.1 Å². The van der Waals surface area contributed by atoms with Gasteiger partial charge in [0, 0.05) is 38.8 Å². The summed E-state index contributed by atoms with van der Waals surface area (Å²) in [5, 5.41) is 6.43. The molecule has 27 heavy (non-hydrogen) atoms. The van der Waals surface area contributed by atoms with Crippen molar-refractivity contribution < 1.29 is 13.2 Å². The minimum absolute atomic E-state index is 0. The maximum Gasteiger partial charge on any atom is 0.191 e. The smallest absolute Gasteiger partial charge is 0.191 e. The summed E-state index contributed by atoms with van der Waals surface area (Å²) in [4.78, 5) is 6.06. The zero-order chi connectivity index (χ0) is 18.5. The average molecular weight is 490 g/mol. The summed E-state index contributed by atoms with van der Waals surface area (Å²) >= 11 is 0. The Morgan fingerprint density at radius 3 is 2.63 bits per heavy atom. The quantitative estimate of drug-likeness (QED) is 0.391. The fraction of sp³-hybridized carbons (Fsp3) is 0.316. The van der Waals surface area contributed by atoms with E-state index in [1.165, 1.54) is 24.3 Å². The van der Waals surface area contributed by atoms with Gasteiger partial charge in [0.15, 0.2) is 5.96 Å². The first-order valence-corrected chi connectivity index (χ1v) is 8.47. The predicted octanol–water partition coefficient (Wildman–Crippen LogP) is 3.67. The van der Waals surface area contributed by atoms with E-state index in [1.807, 2.05) is 11.0 Å². The molecule has 1 unspecified atom stereocenters. The molecule has 0 spiro atoms. The number of benzene rings is 2. The molecule has 2 aromatic rings. The van der Waals surface area contributed by atoms with Crippen molar-refractivity contribution >= 4 is 35.6 Å². The van der Waals surface area contributed by atoms with Gasteiger partial charge in [-0.25, -0.2) is 13.2 Å². The second-order valence-corrected chi connectivity index (χ2v) is 6.23. The van der Waals surface area contributed by atoms with Crippen molar-refractivity contribution in [2.75, 3.05) is 25.0 Å². The van der Waals surface area contributed by atoms with Crippen LogP contribution >= 0.6 is 24.0 Å². The number of guanidine groups is 1. The van der Waals surface area contributed by atoms with Crippen LogP contribution in [0.15, 0.2) is 47.5 Å². The summed E-state index contributed by atoms with van der Waals surface area (Å²) < 4.78 is 40.2. The Hall–Kier alpha value is -1.97. The molecule has 1 aliphatic rings. The molecule has 3 rings (SSSR count). The number of nitrogens with one attached hydrogen (secondary N) is 2. The van der Waals surface area contributed by atoms with Crippen LogP contribution in [0.4, 0.5) is 18.9 Å². The molecule has 0 amide bonds. The highest BCUT2D eigenvalue weighted by atomic mass is 127. The van der Waals surface area contributed by atoms with E-state index >= 15 is 0 Å². The van der Waals surface area contributed by atoms with Crippen molar-refractivity contribution in [3.8, 4) is 0 Å². The molecule has 0 aromatic heterocycles. The van der Waals surface area contributed by atoms with E-state index in [4.69, 9.17) is 0 Å². The molecule has 1 atom stereocenters. The standard InChI is InChI=1S/C19H21F3N4.HI/c1-23-19(24-11-13-3-2-4-14(20)9-13)25-16-7-8-26(12-16)18-6-5-15(21)10-17(18)22;/h2-6,9-10,16H,7-8,11-12H2,1H3,(H2,23,24,25);1H. The lowest BCUT2D eigenvalue weighted by Crippen LogP contribution is -2.44. The van der Waals surface area contributed by atoms with Crippen LogP contribution < -0.4 is 15.5 Å². The largest absolute Gasteiger partial charge is 0.367 e. The summed E-state index contributed by atoms with van der Waals surface area (Å²) in [7, 11) is 1.66. The maximum absolute atomic E-state index is 13.9. The van der Waals surface area contributed by atoms with E-state index in [-0.39, 0.29) is 35.8 Å². The highest BCUT2D eigenvalue weighted by molar-refractivity contribution is 14.0. The highest BCUT2D eigenvalue weighted by Crippen LogP contribution is 2.24. The van der Waals surface area contributed by atoms with Gasteiger partial charge in [0.1, 0.15) is 17.5 Å². The summed E-state index contributed by atoms with van der Waals surface area (Å²) in [5.41, 5.74) is 1.22. The van der Waals surface area contributed by atoms with Crippen molar-refractivity contribution in [1.82, 2.24) is 10.6 Å². The van der Waals surface area contributed by atoms with Gasteiger partial charge in [0.05, 0.1) is 5.69 Å². The van der Waals surface area contributed by atoms with Gasteiger partial charge in [-0.1, -0.05) is 12.1 Å². The first-order valence-electron chi connectivity index (χ1n) is 8.47. The van der Waals surface area contributed by atoms with Gasteiger partial charge in [-0.3, -0.25) is 4.99 Å². The minimum Gasteiger partial charge on any atom is -0.367 e. The summed E-state index contributed by atoms with van der Waals surface area (Å²) in [6.45, 7) is 1.70. The summed E-state index contributed by atoms with van der Waals surface area (Å²) in [6, 6.07) is 10.1. The monoisotopic (exact) mass is 490 g/mol. The molecule has 0 bridgehead atoms. The predicted molar refractivity (Wildman–Crippen MR) is 112 cm³/mol. The van der Waals surface area contributed by atoms with E-state index in [0.29, 0.717) is 31.3 Å². The molecule has 146 valence electrons. The lowest BCUT2D eigenvalue weighted by atomic mass is 10.2. The third kappa shape index (κ3) is 5.75. The van der Waals surface area contributed by atoms with Crippen molar-refractivity contribution in [2.24, 2.45) is 4.99 Å². The number of hydrogen-bond donors (Lipinski definition) is 2. The van der Waals surface area contributed by atoms with Crippen molar-refractivity contribution in [3.63, 3.8) is 0 Å². The molecule has 2 N–H and O–H groups in total. The van der Waals surface area contributed by atoms with Crippen LogP contribution in [-0.2, 0) is 6.54 Å². The minimum atomic E-state index is -0.581. The number of halogens is 4. The number of aliphatic imine (C=N–C) groups is 1. The SMILES string of the molecule is CN=C(NCc1cccc(F)c1)NC1CCN(c2ccc(F)cc2F)C1.I. The van der Waals surface area contributed by atoms with Crippen LogP contribution in [0.25, 0.3) is 0 Å². The summed E-state index contributed by atoms with van der Waals surface area (Å²) in [5.74, 6) is -0.818. The molecule has 1 saturated heterocycles. The van der Waals surface area contributed by atoms with Crippen LogP contribution in [0.5, 0.6) is 0 Å². The number of anilines is 1. The van der Waals surface area contributed by atoms with Crippen LogP contribution in [0.3, 0.4) is 0 Å². The molecule has 2 aromatic carbocycles. The van der Waals surface area contributed by atoms with Gasteiger partial charge in [0.25, 0.3) is 0 Å². The zero-order valence-corrected chi connectivity index (χ0v) is 17.2. The van der Waals surface area contributed by atoms with Gasteiger partial charge >= 0.3 is 0 Å². The third-order valence-electron chi connectivity index (χ3n) is 4.35.